The number of hydrogen-bond donors (Lipinski definition) is 1. The fourth-order valence-electron chi connectivity index (χ4n) is 2.64. The van der Waals surface area contributed by atoms with Crippen molar-refractivity contribution < 1.29 is 4.39 Å². The van der Waals surface area contributed by atoms with Crippen LogP contribution in [-0.2, 0) is 6.54 Å². The van der Waals surface area contributed by atoms with E-state index < -0.39 is 0 Å². The molecule has 138 valence electrons. The summed E-state index contributed by atoms with van der Waals surface area (Å²) in [6.07, 6.45) is 3.42. The summed E-state index contributed by atoms with van der Waals surface area (Å²) in [5.74, 6) is 0.850. The molecule has 2 aromatic carbocycles. The van der Waals surface area contributed by atoms with Gasteiger partial charge >= 0.3 is 0 Å². The van der Waals surface area contributed by atoms with Gasteiger partial charge in [0.25, 0.3) is 0 Å². The summed E-state index contributed by atoms with van der Waals surface area (Å²) in [4.78, 5) is 13.3. The Kier molecular flexibility index (Phi) is 7.05. The molecule has 0 saturated heterocycles. The van der Waals surface area contributed by atoms with E-state index in [1.165, 1.54) is 12.1 Å². The Labute approximate surface area is 168 Å². The number of nitrogens with zero attached hydrogens (tertiary/aromatic N) is 3. The van der Waals surface area contributed by atoms with Crippen molar-refractivity contribution in [3.63, 3.8) is 0 Å². The molecule has 0 fully saturated rings. The van der Waals surface area contributed by atoms with E-state index in [1.807, 2.05) is 42.5 Å². The van der Waals surface area contributed by atoms with E-state index in [2.05, 4.69) is 20.3 Å². The number of halogens is 3. The zero-order chi connectivity index (χ0) is 17.1. The van der Waals surface area contributed by atoms with E-state index in [1.54, 1.807) is 18.5 Å². The van der Waals surface area contributed by atoms with Crippen LogP contribution in [0.15, 0.2) is 73.1 Å². The smallest absolute Gasteiger partial charge is 0.163 e. The number of benzene rings is 2. The SMILES string of the molecule is Cl.Cl.Fc1ccc2nc(-c3cccnc3)nc(NCc3ccccc3)c2c1. The third-order valence-electron chi connectivity index (χ3n) is 3.88. The third kappa shape index (κ3) is 4.70. The normalized spacial score (nSPS) is 9.96. The maximum absolute atomic E-state index is 13.7. The molecular weight excluding hydrogens is 386 g/mol. The van der Waals surface area contributed by atoms with Gasteiger partial charge in [-0.15, -0.1) is 24.8 Å². The highest BCUT2D eigenvalue weighted by Crippen LogP contribution is 2.25. The molecule has 27 heavy (non-hydrogen) atoms. The Morgan fingerprint density at radius 2 is 1.70 bits per heavy atom. The highest BCUT2D eigenvalue weighted by molar-refractivity contribution is 5.90. The van der Waals surface area contributed by atoms with Crippen molar-refractivity contribution >= 4 is 41.5 Å². The lowest BCUT2D eigenvalue weighted by Gasteiger charge is -2.11. The van der Waals surface area contributed by atoms with E-state index in [4.69, 9.17) is 0 Å². The van der Waals surface area contributed by atoms with Crippen molar-refractivity contribution in [2.24, 2.45) is 0 Å². The van der Waals surface area contributed by atoms with Gasteiger partial charge in [-0.2, -0.15) is 0 Å². The maximum atomic E-state index is 13.7. The Morgan fingerprint density at radius 1 is 0.889 bits per heavy atom. The van der Waals surface area contributed by atoms with Crippen LogP contribution in [-0.4, -0.2) is 15.0 Å². The first-order chi connectivity index (χ1) is 12.3. The molecule has 4 rings (SSSR count). The second kappa shape index (κ2) is 9.26. The van der Waals surface area contributed by atoms with Crippen molar-refractivity contribution in [2.75, 3.05) is 5.32 Å². The first-order valence-corrected chi connectivity index (χ1v) is 7.95. The zero-order valence-corrected chi connectivity index (χ0v) is 15.8. The second-order valence-corrected chi connectivity index (χ2v) is 5.64. The van der Waals surface area contributed by atoms with E-state index in [0.717, 1.165) is 11.1 Å². The van der Waals surface area contributed by atoms with Crippen LogP contribution in [0, 0.1) is 5.82 Å². The molecule has 2 heterocycles. The van der Waals surface area contributed by atoms with Gasteiger partial charge in [-0.3, -0.25) is 4.98 Å². The van der Waals surface area contributed by atoms with Gasteiger partial charge in [-0.25, -0.2) is 14.4 Å². The molecule has 7 heteroatoms. The number of fused-ring (bicyclic) bond motifs is 1. The van der Waals surface area contributed by atoms with E-state index in [-0.39, 0.29) is 30.6 Å². The number of pyridine rings is 1. The highest BCUT2D eigenvalue weighted by Gasteiger charge is 2.10. The Balaban J connectivity index is 0.00000131. The van der Waals surface area contributed by atoms with Gasteiger partial charge in [-0.05, 0) is 35.9 Å². The fraction of sp³-hybridized carbons (Fsp3) is 0.0500. The van der Waals surface area contributed by atoms with E-state index in [9.17, 15) is 4.39 Å². The molecule has 4 nitrogen and oxygen atoms in total. The molecule has 4 aromatic rings. The molecule has 0 spiro atoms. The topological polar surface area (TPSA) is 50.7 Å². The molecule has 2 aromatic heterocycles. The van der Waals surface area contributed by atoms with Crippen LogP contribution in [0.1, 0.15) is 5.56 Å². The molecule has 0 saturated carbocycles. The second-order valence-electron chi connectivity index (χ2n) is 5.64. The third-order valence-corrected chi connectivity index (χ3v) is 3.88. The van der Waals surface area contributed by atoms with Crippen LogP contribution < -0.4 is 5.32 Å². The summed E-state index contributed by atoms with van der Waals surface area (Å²) in [7, 11) is 0. The molecule has 0 bridgehead atoms. The Hall–Kier alpha value is -2.76. The monoisotopic (exact) mass is 402 g/mol. The van der Waals surface area contributed by atoms with Crippen LogP contribution in [0.4, 0.5) is 10.2 Å². The molecule has 0 amide bonds. The summed E-state index contributed by atoms with van der Waals surface area (Å²) in [6, 6.07) is 18.3. The van der Waals surface area contributed by atoms with Crippen molar-refractivity contribution in [2.45, 2.75) is 6.54 Å². The molecule has 0 aliphatic carbocycles. The van der Waals surface area contributed by atoms with Gasteiger partial charge < -0.3 is 5.32 Å². The molecule has 0 atom stereocenters. The number of anilines is 1. The van der Waals surface area contributed by atoms with Crippen LogP contribution in [0.2, 0.25) is 0 Å². The highest BCUT2D eigenvalue weighted by atomic mass is 35.5. The number of nitrogens with one attached hydrogen (secondary N) is 1. The summed E-state index contributed by atoms with van der Waals surface area (Å²) in [5.41, 5.74) is 2.62. The minimum Gasteiger partial charge on any atom is -0.365 e. The molecule has 0 aliphatic rings. The van der Waals surface area contributed by atoms with Gasteiger partial charge in [0.1, 0.15) is 11.6 Å². The molecule has 0 aliphatic heterocycles. The van der Waals surface area contributed by atoms with Crippen LogP contribution in [0.25, 0.3) is 22.3 Å². The van der Waals surface area contributed by atoms with E-state index >= 15 is 0 Å². The van der Waals surface area contributed by atoms with Gasteiger partial charge in [0.15, 0.2) is 5.82 Å². The lowest BCUT2D eigenvalue weighted by molar-refractivity contribution is 0.629. The number of hydrogen-bond acceptors (Lipinski definition) is 4. The average molecular weight is 403 g/mol. The molecule has 0 unspecified atom stereocenters. The minimum atomic E-state index is -0.312. The maximum Gasteiger partial charge on any atom is 0.163 e. The Bertz CT molecular complexity index is 1010. The van der Waals surface area contributed by atoms with Crippen molar-refractivity contribution in [1.82, 2.24) is 15.0 Å². The summed E-state index contributed by atoms with van der Waals surface area (Å²) in [5, 5.41) is 3.96. The van der Waals surface area contributed by atoms with E-state index in [0.29, 0.717) is 29.1 Å². The predicted octanol–water partition coefficient (Wildman–Crippen LogP) is 5.29. The number of aromatic nitrogens is 3. The first kappa shape index (κ1) is 20.6. The lowest BCUT2D eigenvalue weighted by atomic mass is 10.2. The van der Waals surface area contributed by atoms with Gasteiger partial charge in [-0.1, -0.05) is 30.3 Å². The quantitative estimate of drug-likeness (QED) is 0.503. The Morgan fingerprint density at radius 3 is 2.44 bits per heavy atom. The summed E-state index contributed by atoms with van der Waals surface area (Å²) >= 11 is 0. The van der Waals surface area contributed by atoms with Crippen molar-refractivity contribution in [3.8, 4) is 11.4 Å². The summed E-state index contributed by atoms with van der Waals surface area (Å²) < 4.78 is 13.7. The van der Waals surface area contributed by atoms with Gasteiger partial charge in [0.2, 0.25) is 0 Å². The molecule has 0 radical (unpaired) electrons. The largest absolute Gasteiger partial charge is 0.365 e. The van der Waals surface area contributed by atoms with Gasteiger partial charge in [0.05, 0.1) is 5.52 Å². The van der Waals surface area contributed by atoms with Crippen molar-refractivity contribution in [1.29, 1.82) is 0 Å². The first-order valence-electron chi connectivity index (χ1n) is 7.95. The fourth-order valence-corrected chi connectivity index (χ4v) is 2.64. The van der Waals surface area contributed by atoms with Crippen molar-refractivity contribution in [3.05, 3.63) is 84.4 Å². The predicted molar refractivity (Wildman–Crippen MR) is 111 cm³/mol. The average Bonchev–Trinajstić information content (AvgIpc) is 2.67. The van der Waals surface area contributed by atoms with Crippen LogP contribution in [0.3, 0.4) is 0 Å². The van der Waals surface area contributed by atoms with Crippen LogP contribution in [0.5, 0.6) is 0 Å². The minimum absolute atomic E-state index is 0. The van der Waals surface area contributed by atoms with Crippen LogP contribution >= 0.6 is 24.8 Å². The molecule has 1 N–H and O–H groups in total. The van der Waals surface area contributed by atoms with Gasteiger partial charge in [0, 0.05) is 29.9 Å². The molecular formula is C20H17Cl2FN4. The standard InChI is InChI=1S/C20H15FN4.2ClH/c21-16-8-9-18-17(11-16)20(23-12-14-5-2-1-3-6-14)25-19(24-18)15-7-4-10-22-13-15;;/h1-11,13H,12H2,(H,23,24,25);2*1H. The number of rotatable bonds is 4. The summed E-state index contributed by atoms with van der Waals surface area (Å²) in [6.45, 7) is 0.593. The lowest BCUT2D eigenvalue weighted by Crippen LogP contribution is -2.04. The zero-order valence-electron chi connectivity index (χ0n) is 14.2.